The molecule has 0 aliphatic heterocycles. The Hall–Kier alpha value is -3.79. The van der Waals surface area contributed by atoms with Crippen LogP contribution in [0.5, 0.6) is 11.6 Å². The largest absolute Gasteiger partial charge is 0.496 e. The molecule has 0 saturated heterocycles. The van der Waals surface area contributed by atoms with Crippen LogP contribution in [0.1, 0.15) is 11.1 Å². The highest BCUT2D eigenvalue weighted by atomic mass is 35.5. The second-order valence-corrected chi connectivity index (χ2v) is 7.01. The Bertz CT molecular complexity index is 1400. The van der Waals surface area contributed by atoms with E-state index in [1.165, 1.54) is 10.7 Å². The van der Waals surface area contributed by atoms with Gasteiger partial charge in [-0.1, -0.05) is 22.8 Å². The van der Waals surface area contributed by atoms with Gasteiger partial charge >= 0.3 is 0 Å². The van der Waals surface area contributed by atoms with Crippen LogP contribution in [0.2, 0.25) is 5.02 Å². The van der Waals surface area contributed by atoms with E-state index in [1.54, 1.807) is 31.4 Å². The van der Waals surface area contributed by atoms with E-state index in [0.29, 0.717) is 28.7 Å². The summed E-state index contributed by atoms with van der Waals surface area (Å²) < 4.78 is 20.3. The van der Waals surface area contributed by atoms with E-state index in [1.807, 2.05) is 6.07 Å². The summed E-state index contributed by atoms with van der Waals surface area (Å²) in [5, 5.41) is 29.1. The van der Waals surface area contributed by atoms with E-state index in [9.17, 15) is 9.50 Å². The minimum absolute atomic E-state index is 0.0647. The smallest absolute Gasteiger partial charge is 0.269 e. The molecule has 0 unspecified atom stereocenters. The molecular formula is C19H13ClFN7O2. The minimum Gasteiger partial charge on any atom is -0.496 e. The first-order valence-electron chi connectivity index (χ1n) is 8.81. The Labute approximate surface area is 173 Å². The highest BCUT2D eigenvalue weighted by Gasteiger charge is 2.17. The van der Waals surface area contributed by atoms with Crippen molar-refractivity contribution in [2.75, 3.05) is 7.11 Å². The summed E-state index contributed by atoms with van der Waals surface area (Å²) in [4.78, 5) is 4.61. The van der Waals surface area contributed by atoms with Crippen molar-refractivity contribution in [3.05, 3.63) is 58.4 Å². The normalized spacial score (nSPS) is 11.4. The lowest BCUT2D eigenvalue weighted by Gasteiger charge is -2.11. The number of methoxy groups -OCH3 is 1. The van der Waals surface area contributed by atoms with Crippen LogP contribution in [0.25, 0.3) is 27.9 Å². The Morgan fingerprint density at radius 3 is 2.83 bits per heavy atom. The Balaban J connectivity index is 1.66. The molecule has 0 amide bonds. The molecule has 3 aromatic heterocycles. The number of pyridine rings is 1. The molecule has 3 heterocycles. The van der Waals surface area contributed by atoms with Crippen LogP contribution in [0.4, 0.5) is 4.39 Å². The number of nitrogens with zero attached hydrogens (tertiary/aromatic N) is 6. The van der Waals surface area contributed by atoms with E-state index in [-0.39, 0.29) is 16.9 Å². The van der Waals surface area contributed by atoms with Gasteiger partial charge in [0.2, 0.25) is 5.88 Å². The lowest BCUT2D eigenvalue weighted by atomic mass is 10.0. The third-order valence-corrected chi connectivity index (χ3v) is 5.04. The van der Waals surface area contributed by atoms with Crippen LogP contribution in [-0.4, -0.2) is 47.6 Å². The van der Waals surface area contributed by atoms with Crippen LogP contribution >= 0.6 is 11.6 Å². The van der Waals surface area contributed by atoms with Gasteiger partial charge in [-0.15, -0.1) is 5.10 Å². The van der Waals surface area contributed by atoms with E-state index in [0.717, 1.165) is 16.5 Å². The van der Waals surface area contributed by atoms with Crippen LogP contribution < -0.4 is 4.74 Å². The van der Waals surface area contributed by atoms with Crippen molar-refractivity contribution in [2.24, 2.45) is 0 Å². The molecule has 0 spiro atoms. The summed E-state index contributed by atoms with van der Waals surface area (Å²) in [7, 11) is 1.57. The number of fused-ring (bicyclic) bond motifs is 2. The molecule has 2 aromatic carbocycles. The number of rotatable bonds is 4. The van der Waals surface area contributed by atoms with Gasteiger partial charge in [0.1, 0.15) is 11.6 Å². The maximum absolute atomic E-state index is 13.5. The maximum Gasteiger partial charge on any atom is 0.269 e. The fourth-order valence-corrected chi connectivity index (χ4v) is 3.55. The van der Waals surface area contributed by atoms with Gasteiger partial charge in [0.25, 0.3) is 5.95 Å². The second kappa shape index (κ2) is 6.92. The molecule has 0 bridgehead atoms. The van der Waals surface area contributed by atoms with Crippen molar-refractivity contribution < 1.29 is 14.2 Å². The van der Waals surface area contributed by atoms with Crippen LogP contribution in [0.3, 0.4) is 0 Å². The van der Waals surface area contributed by atoms with Crippen molar-refractivity contribution >= 4 is 33.5 Å². The number of H-pyrrole nitrogens is 1. The third kappa shape index (κ3) is 2.98. The van der Waals surface area contributed by atoms with Crippen LogP contribution in [-0.2, 0) is 6.42 Å². The number of ether oxygens (including phenoxy) is 1. The summed E-state index contributed by atoms with van der Waals surface area (Å²) in [6, 6.07) is 10.1. The number of halogens is 2. The molecule has 9 nitrogen and oxygen atoms in total. The van der Waals surface area contributed by atoms with Gasteiger partial charge in [0.05, 0.1) is 23.0 Å². The first kappa shape index (κ1) is 18.3. The SMILES string of the molecule is COc1cc2nc3c(cc2cc1Cc1ccc(F)c(Cl)c1)c(O)nn3-c1nnn[nH]1. The highest BCUT2D eigenvalue weighted by molar-refractivity contribution is 6.30. The predicted octanol–water partition coefficient (Wildman–Crippen LogP) is 3.18. The fraction of sp³-hybridized carbons (Fsp3) is 0.105. The van der Waals surface area contributed by atoms with Crippen molar-refractivity contribution in [2.45, 2.75) is 6.42 Å². The molecule has 5 aromatic rings. The number of hydrogen-bond donors (Lipinski definition) is 2. The van der Waals surface area contributed by atoms with Crippen molar-refractivity contribution in [1.29, 1.82) is 0 Å². The predicted molar refractivity (Wildman–Crippen MR) is 107 cm³/mol. The molecular weight excluding hydrogens is 413 g/mol. The quantitative estimate of drug-likeness (QED) is 0.454. The zero-order valence-corrected chi connectivity index (χ0v) is 16.2. The lowest BCUT2D eigenvalue weighted by Crippen LogP contribution is -2.01. The lowest BCUT2D eigenvalue weighted by molar-refractivity contribution is 0.411. The maximum atomic E-state index is 13.5. The average molecular weight is 426 g/mol. The average Bonchev–Trinajstić information content (AvgIpc) is 3.37. The summed E-state index contributed by atoms with van der Waals surface area (Å²) in [6.45, 7) is 0. The molecule has 30 heavy (non-hydrogen) atoms. The van der Waals surface area contributed by atoms with Gasteiger partial charge in [0.15, 0.2) is 5.65 Å². The Kier molecular flexibility index (Phi) is 4.21. The fourth-order valence-electron chi connectivity index (χ4n) is 3.35. The first-order valence-corrected chi connectivity index (χ1v) is 9.18. The number of hydrogen-bond acceptors (Lipinski definition) is 7. The molecule has 150 valence electrons. The molecule has 11 heteroatoms. The Morgan fingerprint density at radius 1 is 1.23 bits per heavy atom. The number of tetrazole rings is 1. The Morgan fingerprint density at radius 2 is 2.10 bits per heavy atom. The highest BCUT2D eigenvalue weighted by Crippen LogP contribution is 2.32. The summed E-state index contributed by atoms with van der Waals surface area (Å²) >= 11 is 5.91. The summed E-state index contributed by atoms with van der Waals surface area (Å²) in [5.74, 6) is 0.181. The minimum atomic E-state index is -0.466. The van der Waals surface area contributed by atoms with Crippen LogP contribution in [0.15, 0.2) is 36.4 Å². The molecule has 2 N–H and O–H groups in total. The molecule has 0 radical (unpaired) electrons. The van der Waals surface area contributed by atoms with Crippen molar-refractivity contribution in [3.8, 4) is 17.6 Å². The topological polar surface area (TPSA) is 115 Å². The van der Waals surface area contributed by atoms with Gasteiger partial charge in [-0.25, -0.2) is 14.5 Å². The summed E-state index contributed by atoms with van der Waals surface area (Å²) in [5.41, 5.74) is 2.72. The number of aromatic amines is 1. The molecule has 0 fully saturated rings. The van der Waals surface area contributed by atoms with E-state index in [4.69, 9.17) is 16.3 Å². The van der Waals surface area contributed by atoms with E-state index < -0.39 is 5.82 Å². The second-order valence-electron chi connectivity index (χ2n) is 6.60. The zero-order valence-electron chi connectivity index (χ0n) is 15.5. The number of benzene rings is 2. The van der Waals surface area contributed by atoms with Gasteiger partial charge in [-0.3, -0.25) is 0 Å². The number of nitrogens with one attached hydrogen (secondary N) is 1. The van der Waals surface area contributed by atoms with Crippen molar-refractivity contribution in [1.82, 2.24) is 35.4 Å². The standard InChI is InChI=1S/C19H13ClFN7O2/c1-30-16-8-15-10(6-11(16)4-9-2-3-14(21)13(20)5-9)7-12-17(22-15)28(25-18(12)29)19-23-26-27-24-19/h2-3,5-8H,4H2,1H3,(H,25,29)(H,23,24,26,27). The van der Waals surface area contributed by atoms with Gasteiger partial charge in [-0.2, -0.15) is 4.68 Å². The molecule has 0 saturated carbocycles. The number of aromatic hydroxyl groups is 1. The zero-order chi connectivity index (χ0) is 20.8. The molecule has 0 aliphatic carbocycles. The molecule has 0 atom stereocenters. The molecule has 0 aliphatic rings. The molecule has 5 rings (SSSR count). The summed E-state index contributed by atoms with van der Waals surface area (Å²) in [6.07, 6.45) is 0.478. The van der Waals surface area contributed by atoms with E-state index in [2.05, 4.69) is 30.7 Å². The van der Waals surface area contributed by atoms with Gasteiger partial charge in [0, 0.05) is 17.9 Å². The monoisotopic (exact) mass is 425 g/mol. The third-order valence-electron chi connectivity index (χ3n) is 4.75. The van der Waals surface area contributed by atoms with Gasteiger partial charge in [-0.05, 0) is 45.8 Å². The van der Waals surface area contributed by atoms with E-state index >= 15 is 0 Å². The van der Waals surface area contributed by atoms with Crippen LogP contribution in [0, 0.1) is 5.82 Å². The first-order chi connectivity index (χ1) is 14.5. The number of aromatic nitrogens is 7. The van der Waals surface area contributed by atoms with Gasteiger partial charge < -0.3 is 9.84 Å². The van der Waals surface area contributed by atoms with Crippen molar-refractivity contribution in [3.63, 3.8) is 0 Å².